The number of sulfonamides is 1. The highest BCUT2D eigenvalue weighted by atomic mass is 35.5. The summed E-state index contributed by atoms with van der Waals surface area (Å²) >= 11 is 5.74. The Kier molecular flexibility index (Phi) is 5.70. The molecule has 0 bridgehead atoms. The summed E-state index contributed by atoms with van der Waals surface area (Å²) in [5.74, 6) is -2.03. The second kappa shape index (κ2) is 6.88. The van der Waals surface area contributed by atoms with Gasteiger partial charge in [-0.05, 0) is 31.5 Å². The second-order valence-corrected chi connectivity index (χ2v) is 6.18. The molecule has 116 valence electrons. The van der Waals surface area contributed by atoms with Crippen LogP contribution in [0.15, 0.2) is 17.0 Å². The average molecular weight is 336 g/mol. The summed E-state index contributed by atoms with van der Waals surface area (Å²) in [6.07, 6.45) is 0. The lowest BCUT2D eigenvalue weighted by Gasteiger charge is -2.11. The lowest BCUT2D eigenvalue weighted by Crippen LogP contribution is -2.31. The molecule has 0 heterocycles. The molecule has 0 spiro atoms. The number of carboxylic acids is 1. The molecule has 0 saturated heterocycles. The van der Waals surface area contributed by atoms with Crippen molar-refractivity contribution in [3.05, 3.63) is 28.3 Å². The summed E-state index contributed by atoms with van der Waals surface area (Å²) in [5.41, 5.74) is -0.192. The molecule has 0 fully saturated rings. The van der Waals surface area contributed by atoms with Crippen LogP contribution in [0, 0.1) is 6.92 Å². The van der Waals surface area contributed by atoms with Crippen LogP contribution in [0.2, 0.25) is 5.02 Å². The number of carboxylic acid groups (broad SMARTS) is 1. The van der Waals surface area contributed by atoms with E-state index >= 15 is 0 Å². The first-order valence-electron chi connectivity index (χ1n) is 5.87. The number of hydrogen-bond acceptors (Lipinski definition) is 5. The smallest absolute Gasteiger partial charge is 0.336 e. The van der Waals surface area contributed by atoms with Gasteiger partial charge in [-0.25, -0.2) is 13.2 Å². The van der Waals surface area contributed by atoms with Crippen molar-refractivity contribution in [3.63, 3.8) is 0 Å². The average Bonchev–Trinajstić information content (AvgIpc) is 2.39. The van der Waals surface area contributed by atoms with Crippen LogP contribution in [0.4, 0.5) is 0 Å². The van der Waals surface area contributed by atoms with Crippen molar-refractivity contribution in [1.29, 1.82) is 0 Å². The van der Waals surface area contributed by atoms with Crippen LogP contribution < -0.4 is 4.72 Å². The summed E-state index contributed by atoms with van der Waals surface area (Å²) in [7, 11) is -4.08. The van der Waals surface area contributed by atoms with E-state index in [0.29, 0.717) is 0 Å². The summed E-state index contributed by atoms with van der Waals surface area (Å²) in [5, 5.41) is 8.99. The number of nitrogens with one attached hydrogen (secondary N) is 1. The van der Waals surface area contributed by atoms with Gasteiger partial charge in [-0.2, -0.15) is 4.72 Å². The highest BCUT2D eigenvalue weighted by Crippen LogP contribution is 2.24. The monoisotopic (exact) mass is 335 g/mol. The molecule has 0 unspecified atom stereocenters. The predicted octanol–water partition coefficient (Wildman–Crippen LogP) is 1.19. The largest absolute Gasteiger partial charge is 0.478 e. The lowest BCUT2D eigenvalue weighted by molar-refractivity contribution is -0.141. The topological polar surface area (TPSA) is 110 Å². The third kappa shape index (κ3) is 4.42. The van der Waals surface area contributed by atoms with Crippen molar-refractivity contribution in [2.24, 2.45) is 0 Å². The zero-order chi connectivity index (χ0) is 16.2. The van der Waals surface area contributed by atoms with E-state index in [1.807, 2.05) is 4.72 Å². The van der Waals surface area contributed by atoms with E-state index in [1.165, 1.54) is 6.92 Å². The SMILES string of the molecule is CCOC(=O)CNS(=O)(=O)c1cc(Cl)cc(C(=O)O)c1C. The fourth-order valence-corrected chi connectivity index (χ4v) is 3.14. The highest BCUT2D eigenvalue weighted by molar-refractivity contribution is 7.89. The van der Waals surface area contributed by atoms with Gasteiger partial charge in [-0.3, -0.25) is 4.79 Å². The van der Waals surface area contributed by atoms with Gasteiger partial charge in [0.15, 0.2) is 0 Å². The van der Waals surface area contributed by atoms with Crippen LogP contribution in [0.5, 0.6) is 0 Å². The number of esters is 1. The highest BCUT2D eigenvalue weighted by Gasteiger charge is 2.23. The first-order valence-corrected chi connectivity index (χ1v) is 7.74. The van der Waals surface area contributed by atoms with Gasteiger partial charge in [-0.1, -0.05) is 11.6 Å². The summed E-state index contributed by atoms with van der Waals surface area (Å²) in [6, 6.07) is 2.28. The van der Waals surface area contributed by atoms with Gasteiger partial charge < -0.3 is 9.84 Å². The van der Waals surface area contributed by atoms with Crippen molar-refractivity contribution in [3.8, 4) is 0 Å². The quantitative estimate of drug-likeness (QED) is 0.756. The minimum Gasteiger partial charge on any atom is -0.478 e. The number of carbonyl (C=O) groups excluding carboxylic acids is 1. The van der Waals surface area contributed by atoms with Crippen molar-refractivity contribution in [2.45, 2.75) is 18.7 Å². The maximum absolute atomic E-state index is 12.1. The molecule has 0 aliphatic rings. The Morgan fingerprint density at radius 3 is 2.52 bits per heavy atom. The van der Waals surface area contributed by atoms with Crippen molar-refractivity contribution < 1.29 is 27.9 Å². The third-order valence-electron chi connectivity index (χ3n) is 2.56. The molecule has 0 atom stereocenters. The zero-order valence-electron chi connectivity index (χ0n) is 11.3. The Morgan fingerprint density at radius 2 is 2.00 bits per heavy atom. The Bertz CT molecular complexity index is 671. The van der Waals surface area contributed by atoms with E-state index in [0.717, 1.165) is 12.1 Å². The van der Waals surface area contributed by atoms with Crippen LogP contribution in [0.25, 0.3) is 0 Å². The molecule has 1 rings (SSSR count). The number of aromatic carboxylic acids is 1. The fourth-order valence-electron chi connectivity index (χ4n) is 1.60. The van der Waals surface area contributed by atoms with Gasteiger partial charge >= 0.3 is 11.9 Å². The molecule has 21 heavy (non-hydrogen) atoms. The van der Waals surface area contributed by atoms with Crippen LogP contribution in [-0.2, 0) is 19.6 Å². The van der Waals surface area contributed by atoms with Crippen LogP contribution in [0.3, 0.4) is 0 Å². The van der Waals surface area contributed by atoms with Gasteiger partial charge in [0.1, 0.15) is 6.54 Å². The summed E-state index contributed by atoms with van der Waals surface area (Å²) in [6.45, 7) is 2.51. The Hall–Kier alpha value is -1.64. The van der Waals surface area contributed by atoms with E-state index < -0.39 is 28.5 Å². The Morgan fingerprint density at radius 1 is 1.38 bits per heavy atom. The van der Waals surface area contributed by atoms with Crippen molar-refractivity contribution in [1.82, 2.24) is 4.72 Å². The van der Waals surface area contributed by atoms with Crippen LogP contribution >= 0.6 is 11.6 Å². The fraction of sp³-hybridized carbons (Fsp3) is 0.333. The summed E-state index contributed by atoms with van der Waals surface area (Å²) in [4.78, 5) is 21.9. The summed E-state index contributed by atoms with van der Waals surface area (Å²) < 4.78 is 30.9. The number of ether oxygens (including phenoxy) is 1. The zero-order valence-corrected chi connectivity index (χ0v) is 12.9. The van der Waals surface area contributed by atoms with Crippen LogP contribution in [-0.4, -0.2) is 38.6 Å². The molecule has 0 amide bonds. The minimum absolute atomic E-state index is 0.0308. The van der Waals surface area contributed by atoms with Gasteiger partial charge in [0.05, 0.1) is 17.1 Å². The van der Waals surface area contributed by atoms with E-state index in [9.17, 15) is 18.0 Å². The molecule has 7 nitrogen and oxygen atoms in total. The van der Waals surface area contributed by atoms with Crippen LogP contribution in [0.1, 0.15) is 22.8 Å². The number of halogens is 1. The number of benzene rings is 1. The van der Waals surface area contributed by atoms with Crippen molar-refractivity contribution in [2.75, 3.05) is 13.2 Å². The molecular weight excluding hydrogens is 322 g/mol. The second-order valence-electron chi connectivity index (χ2n) is 4.01. The normalized spacial score (nSPS) is 11.2. The molecule has 0 radical (unpaired) electrons. The molecule has 0 aromatic heterocycles. The Labute approximate surface area is 126 Å². The van der Waals surface area contributed by atoms with Gasteiger partial charge in [-0.15, -0.1) is 0 Å². The van der Waals surface area contributed by atoms with Gasteiger partial charge in [0.25, 0.3) is 0 Å². The number of carbonyl (C=O) groups is 2. The third-order valence-corrected chi connectivity index (χ3v) is 4.30. The first kappa shape index (κ1) is 17.4. The maximum Gasteiger partial charge on any atom is 0.336 e. The maximum atomic E-state index is 12.1. The molecule has 1 aromatic rings. The molecule has 0 aliphatic carbocycles. The predicted molar refractivity (Wildman–Crippen MR) is 75.0 cm³/mol. The standard InChI is InChI=1S/C12H14ClNO6S/c1-3-20-11(15)6-14-21(18,19)10-5-8(13)4-9(7(10)2)12(16)17/h4-5,14H,3,6H2,1-2H3,(H,16,17). The number of rotatable bonds is 6. The van der Waals surface area contributed by atoms with E-state index in [1.54, 1.807) is 6.92 Å². The van der Waals surface area contributed by atoms with E-state index in [4.69, 9.17) is 16.7 Å². The van der Waals surface area contributed by atoms with E-state index in [2.05, 4.69) is 4.74 Å². The van der Waals surface area contributed by atoms with Gasteiger partial charge in [0, 0.05) is 5.02 Å². The van der Waals surface area contributed by atoms with E-state index in [-0.39, 0.29) is 27.7 Å². The molecule has 1 aromatic carbocycles. The minimum atomic E-state index is -4.08. The molecule has 9 heteroatoms. The number of hydrogen-bond donors (Lipinski definition) is 2. The first-order chi connectivity index (χ1) is 9.69. The lowest BCUT2D eigenvalue weighted by atomic mass is 10.1. The Balaban J connectivity index is 3.14. The van der Waals surface area contributed by atoms with Crippen molar-refractivity contribution >= 4 is 33.6 Å². The van der Waals surface area contributed by atoms with Gasteiger partial charge in [0.2, 0.25) is 10.0 Å². The molecule has 0 aliphatic heterocycles. The molecule has 0 saturated carbocycles. The molecule has 2 N–H and O–H groups in total. The molecular formula is C12H14ClNO6S.